The molecule has 0 saturated heterocycles. The van der Waals surface area contributed by atoms with Gasteiger partial charge >= 0.3 is 0 Å². The number of hydrogen-bond donors (Lipinski definition) is 2. The molecule has 0 aliphatic heterocycles. The average Bonchev–Trinajstić information content (AvgIpc) is 2.76. The second-order valence-electron chi connectivity index (χ2n) is 3.81. The predicted molar refractivity (Wildman–Crippen MR) is 72.6 cm³/mol. The lowest BCUT2D eigenvalue weighted by Crippen LogP contribution is -2.19. The maximum Gasteiger partial charge on any atom is 0.222 e. The van der Waals surface area contributed by atoms with Gasteiger partial charge in [-0.3, -0.25) is 0 Å². The molecule has 2 aromatic heterocycles. The Labute approximate surface area is 109 Å². The molecule has 4 nitrogen and oxygen atoms in total. The van der Waals surface area contributed by atoms with Gasteiger partial charge < -0.3 is 11.1 Å². The van der Waals surface area contributed by atoms with Crippen LogP contribution in [0.2, 0.25) is 5.02 Å². The molecule has 2 rings (SSSR count). The summed E-state index contributed by atoms with van der Waals surface area (Å²) in [6, 6.07) is 2.34. The van der Waals surface area contributed by atoms with Crippen molar-refractivity contribution in [3.05, 3.63) is 33.6 Å². The second kappa shape index (κ2) is 5.33. The lowest BCUT2D eigenvalue weighted by Gasteiger charge is -2.14. The molecule has 90 valence electrons. The molecule has 17 heavy (non-hydrogen) atoms. The summed E-state index contributed by atoms with van der Waals surface area (Å²) in [4.78, 5) is 7.89. The van der Waals surface area contributed by atoms with Gasteiger partial charge in [-0.15, -0.1) is 0 Å². The standard InChI is InChI=1S/C11H13ClN4S/c1-7(4-8-2-3-17-6-8)15-10-9(12)5-14-11(13)16-10/h2-3,5-7H,4H2,1H3,(H3,13,14,15,16). The molecular formula is C11H13ClN4S. The molecule has 2 aromatic rings. The second-order valence-corrected chi connectivity index (χ2v) is 4.99. The summed E-state index contributed by atoms with van der Waals surface area (Å²) in [6.07, 6.45) is 2.42. The Bertz CT molecular complexity index is 486. The predicted octanol–water partition coefficient (Wildman–Crippen LogP) is 2.82. The van der Waals surface area contributed by atoms with Crippen LogP contribution < -0.4 is 11.1 Å². The quantitative estimate of drug-likeness (QED) is 0.895. The third kappa shape index (κ3) is 3.31. The van der Waals surface area contributed by atoms with Crippen LogP contribution in [0.1, 0.15) is 12.5 Å². The molecule has 0 fully saturated rings. The third-order valence-electron chi connectivity index (χ3n) is 2.27. The van der Waals surface area contributed by atoms with Gasteiger partial charge in [0.15, 0.2) is 5.82 Å². The largest absolute Gasteiger partial charge is 0.368 e. The lowest BCUT2D eigenvalue weighted by molar-refractivity contribution is 0.786. The molecular weight excluding hydrogens is 256 g/mol. The van der Waals surface area contributed by atoms with Gasteiger partial charge in [-0.25, -0.2) is 4.98 Å². The molecule has 0 aromatic carbocycles. The van der Waals surface area contributed by atoms with E-state index in [9.17, 15) is 0 Å². The van der Waals surface area contributed by atoms with E-state index in [1.807, 2.05) is 0 Å². The molecule has 0 radical (unpaired) electrons. The van der Waals surface area contributed by atoms with E-state index in [0.717, 1.165) is 6.42 Å². The molecule has 0 bridgehead atoms. The highest BCUT2D eigenvalue weighted by molar-refractivity contribution is 7.07. The number of anilines is 2. The molecule has 1 unspecified atom stereocenters. The van der Waals surface area contributed by atoms with Crippen LogP contribution in [0.5, 0.6) is 0 Å². The molecule has 0 amide bonds. The van der Waals surface area contributed by atoms with Crippen molar-refractivity contribution >= 4 is 34.7 Å². The molecule has 6 heteroatoms. The zero-order valence-corrected chi connectivity index (χ0v) is 10.9. The first kappa shape index (κ1) is 12.1. The summed E-state index contributed by atoms with van der Waals surface area (Å²) in [6.45, 7) is 2.08. The van der Waals surface area contributed by atoms with E-state index in [2.05, 4.69) is 39.0 Å². The summed E-state index contributed by atoms with van der Waals surface area (Å²) in [5.74, 6) is 0.807. The van der Waals surface area contributed by atoms with E-state index in [1.165, 1.54) is 11.8 Å². The fraction of sp³-hybridized carbons (Fsp3) is 0.273. The number of halogens is 1. The molecule has 0 saturated carbocycles. The maximum atomic E-state index is 5.98. The number of nitrogens with two attached hydrogens (primary N) is 1. The summed E-state index contributed by atoms with van der Waals surface area (Å²) >= 11 is 7.68. The number of rotatable bonds is 4. The van der Waals surface area contributed by atoms with Crippen molar-refractivity contribution in [2.24, 2.45) is 0 Å². The summed E-state index contributed by atoms with van der Waals surface area (Å²) in [5.41, 5.74) is 6.82. The number of thiophene rings is 1. The normalized spacial score (nSPS) is 12.4. The first-order valence-electron chi connectivity index (χ1n) is 5.21. The highest BCUT2D eigenvalue weighted by Crippen LogP contribution is 2.20. The van der Waals surface area contributed by atoms with Crippen LogP contribution in [-0.2, 0) is 6.42 Å². The zero-order valence-electron chi connectivity index (χ0n) is 9.35. The molecule has 0 aliphatic carbocycles. The average molecular weight is 269 g/mol. The fourth-order valence-electron chi connectivity index (χ4n) is 1.53. The molecule has 0 spiro atoms. The number of nitrogens with zero attached hydrogens (tertiary/aromatic N) is 2. The van der Waals surface area contributed by atoms with Gasteiger partial charge in [-0.1, -0.05) is 11.6 Å². The van der Waals surface area contributed by atoms with Crippen LogP contribution in [0.15, 0.2) is 23.0 Å². The molecule has 2 heterocycles. The van der Waals surface area contributed by atoms with Gasteiger partial charge in [-0.05, 0) is 35.7 Å². The van der Waals surface area contributed by atoms with Gasteiger partial charge in [0.05, 0.1) is 6.20 Å². The Morgan fingerprint density at radius 3 is 3.12 bits per heavy atom. The summed E-state index contributed by atoms with van der Waals surface area (Å²) in [7, 11) is 0. The lowest BCUT2D eigenvalue weighted by atomic mass is 10.1. The summed E-state index contributed by atoms with van der Waals surface area (Å²) in [5, 5.41) is 7.91. The van der Waals surface area contributed by atoms with Crippen molar-refractivity contribution in [2.75, 3.05) is 11.1 Å². The van der Waals surface area contributed by atoms with Crippen molar-refractivity contribution in [1.82, 2.24) is 9.97 Å². The Balaban J connectivity index is 2.02. The van der Waals surface area contributed by atoms with E-state index in [1.54, 1.807) is 11.3 Å². The minimum Gasteiger partial charge on any atom is -0.368 e. The van der Waals surface area contributed by atoms with Gasteiger partial charge in [0.25, 0.3) is 0 Å². The number of aromatic nitrogens is 2. The number of nitrogen functional groups attached to an aromatic ring is 1. The number of hydrogen-bond acceptors (Lipinski definition) is 5. The summed E-state index contributed by atoms with van der Waals surface area (Å²) < 4.78 is 0. The van der Waals surface area contributed by atoms with E-state index >= 15 is 0 Å². The zero-order chi connectivity index (χ0) is 12.3. The third-order valence-corrected chi connectivity index (χ3v) is 3.28. The van der Waals surface area contributed by atoms with E-state index in [4.69, 9.17) is 17.3 Å². The van der Waals surface area contributed by atoms with Crippen LogP contribution in [-0.4, -0.2) is 16.0 Å². The van der Waals surface area contributed by atoms with Crippen LogP contribution in [0.4, 0.5) is 11.8 Å². The van der Waals surface area contributed by atoms with Crippen LogP contribution >= 0.6 is 22.9 Å². The van der Waals surface area contributed by atoms with E-state index in [0.29, 0.717) is 10.8 Å². The van der Waals surface area contributed by atoms with Gasteiger partial charge in [0.1, 0.15) is 5.02 Å². The Hall–Kier alpha value is -1.33. The smallest absolute Gasteiger partial charge is 0.222 e. The highest BCUT2D eigenvalue weighted by Gasteiger charge is 2.08. The first-order valence-corrected chi connectivity index (χ1v) is 6.53. The van der Waals surface area contributed by atoms with Crippen LogP contribution in [0, 0.1) is 0 Å². The Kier molecular flexibility index (Phi) is 3.81. The van der Waals surface area contributed by atoms with Gasteiger partial charge in [-0.2, -0.15) is 16.3 Å². The molecule has 0 aliphatic rings. The minimum atomic E-state index is 0.222. The van der Waals surface area contributed by atoms with Crippen molar-refractivity contribution in [1.29, 1.82) is 0 Å². The maximum absolute atomic E-state index is 5.98. The molecule has 1 atom stereocenters. The van der Waals surface area contributed by atoms with Gasteiger partial charge in [0, 0.05) is 6.04 Å². The van der Waals surface area contributed by atoms with Crippen LogP contribution in [0.25, 0.3) is 0 Å². The van der Waals surface area contributed by atoms with Gasteiger partial charge in [0.2, 0.25) is 5.95 Å². The topological polar surface area (TPSA) is 63.8 Å². The van der Waals surface area contributed by atoms with E-state index < -0.39 is 0 Å². The van der Waals surface area contributed by atoms with Crippen molar-refractivity contribution in [2.45, 2.75) is 19.4 Å². The fourth-order valence-corrected chi connectivity index (χ4v) is 2.36. The first-order chi connectivity index (χ1) is 8.15. The Morgan fingerprint density at radius 1 is 1.59 bits per heavy atom. The molecule has 3 N–H and O–H groups in total. The van der Waals surface area contributed by atoms with Crippen molar-refractivity contribution in [3.8, 4) is 0 Å². The SMILES string of the molecule is CC(Cc1ccsc1)Nc1nc(N)ncc1Cl. The van der Waals surface area contributed by atoms with Crippen LogP contribution in [0.3, 0.4) is 0 Å². The monoisotopic (exact) mass is 268 g/mol. The Morgan fingerprint density at radius 2 is 2.41 bits per heavy atom. The number of nitrogens with one attached hydrogen (secondary N) is 1. The van der Waals surface area contributed by atoms with Crippen molar-refractivity contribution in [3.63, 3.8) is 0 Å². The highest BCUT2D eigenvalue weighted by atomic mass is 35.5. The minimum absolute atomic E-state index is 0.222. The van der Waals surface area contributed by atoms with Crippen molar-refractivity contribution < 1.29 is 0 Å². The van der Waals surface area contributed by atoms with E-state index in [-0.39, 0.29) is 12.0 Å².